The number of aliphatic carboxylic acids is 1. The molecule has 6 nitrogen and oxygen atoms in total. The van der Waals surface area contributed by atoms with Gasteiger partial charge in [0.15, 0.2) is 11.5 Å². The minimum Gasteiger partial charge on any atom is -0.490 e. The summed E-state index contributed by atoms with van der Waals surface area (Å²) in [6.07, 6.45) is 0.851. The topological polar surface area (TPSA) is 76.1 Å². The van der Waals surface area contributed by atoms with E-state index in [1.54, 1.807) is 7.05 Å². The van der Waals surface area contributed by atoms with Crippen molar-refractivity contribution < 1.29 is 24.2 Å². The van der Waals surface area contributed by atoms with Gasteiger partial charge in [-0.15, -0.1) is 0 Å². The number of carbonyl (C=O) groups excluding carboxylic acids is 1. The van der Waals surface area contributed by atoms with Gasteiger partial charge in [-0.3, -0.25) is 9.59 Å². The lowest BCUT2D eigenvalue weighted by Crippen LogP contribution is -2.29. The third kappa shape index (κ3) is 6.47. The maximum Gasteiger partial charge on any atom is 0.305 e. The number of ether oxygens (including phenoxy) is 2. The van der Waals surface area contributed by atoms with Crippen LogP contribution < -0.4 is 9.47 Å². The summed E-state index contributed by atoms with van der Waals surface area (Å²) in [5, 5.41) is 8.58. The van der Waals surface area contributed by atoms with Crippen molar-refractivity contribution in [3.63, 3.8) is 0 Å². The minimum absolute atomic E-state index is 0.0412. The first-order valence-electron chi connectivity index (χ1n) is 7.35. The number of carboxylic acids is 1. The largest absolute Gasteiger partial charge is 0.490 e. The minimum atomic E-state index is -0.907. The molecule has 0 bridgehead atoms. The monoisotopic (exact) mass is 309 g/mol. The molecule has 0 atom stereocenters. The first-order chi connectivity index (χ1) is 10.5. The van der Waals surface area contributed by atoms with E-state index in [9.17, 15) is 9.59 Å². The van der Waals surface area contributed by atoms with Gasteiger partial charge >= 0.3 is 5.97 Å². The van der Waals surface area contributed by atoms with E-state index >= 15 is 0 Å². The number of benzene rings is 1. The van der Waals surface area contributed by atoms with Crippen molar-refractivity contribution in [1.29, 1.82) is 0 Å². The Labute approximate surface area is 130 Å². The van der Waals surface area contributed by atoms with Crippen LogP contribution in [0.4, 0.5) is 0 Å². The molecule has 1 N–H and O–H groups in total. The summed E-state index contributed by atoms with van der Waals surface area (Å²) in [7, 11) is 1.61. The zero-order valence-corrected chi connectivity index (χ0v) is 13.1. The Morgan fingerprint density at radius 2 is 1.77 bits per heavy atom. The number of nitrogens with zero attached hydrogens (tertiary/aromatic N) is 1. The molecule has 122 valence electrons. The number of rotatable bonds is 10. The zero-order valence-electron chi connectivity index (χ0n) is 13.1. The summed E-state index contributed by atoms with van der Waals surface area (Å²) in [6, 6.07) is 7.40. The van der Waals surface area contributed by atoms with Crippen LogP contribution in [0.25, 0.3) is 0 Å². The second-order valence-corrected chi connectivity index (χ2v) is 4.79. The smallest absolute Gasteiger partial charge is 0.305 e. The van der Waals surface area contributed by atoms with Gasteiger partial charge < -0.3 is 19.5 Å². The summed E-state index contributed by atoms with van der Waals surface area (Å²) >= 11 is 0. The average molecular weight is 309 g/mol. The number of para-hydroxylation sites is 2. The number of carboxylic acid groups (broad SMARTS) is 1. The van der Waals surface area contributed by atoms with Crippen LogP contribution in [0.1, 0.15) is 26.2 Å². The van der Waals surface area contributed by atoms with Crippen molar-refractivity contribution in [3.8, 4) is 11.5 Å². The van der Waals surface area contributed by atoms with E-state index in [-0.39, 0.29) is 18.9 Å². The molecule has 1 rings (SSSR count). The number of carbonyl (C=O) groups is 2. The molecule has 1 aromatic carbocycles. The molecule has 0 fully saturated rings. The molecule has 0 saturated heterocycles. The second kappa shape index (κ2) is 9.65. The molecular formula is C16H23NO5. The first kappa shape index (κ1) is 17.8. The highest BCUT2D eigenvalue weighted by Gasteiger charge is 2.10. The Bertz CT molecular complexity index is 489. The van der Waals surface area contributed by atoms with E-state index in [0.29, 0.717) is 37.6 Å². The Hall–Kier alpha value is -2.24. The molecule has 0 saturated carbocycles. The molecule has 0 spiro atoms. The van der Waals surface area contributed by atoms with Crippen LogP contribution in [-0.2, 0) is 9.59 Å². The van der Waals surface area contributed by atoms with Gasteiger partial charge in [0.1, 0.15) is 0 Å². The van der Waals surface area contributed by atoms with Gasteiger partial charge in [-0.2, -0.15) is 0 Å². The van der Waals surface area contributed by atoms with Gasteiger partial charge in [0, 0.05) is 20.0 Å². The SMILES string of the molecule is CCOc1ccccc1OCCCC(=O)N(C)CCC(=O)O. The van der Waals surface area contributed by atoms with E-state index in [1.807, 2.05) is 31.2 Å². The zero-order chi connectivity index (χ0) is 16.4. The van der Waals surface area contributed by atoms with E-state index < -0.39 is 5.97 Å². The van der Waals surface area contributed by atoms with Crippen LogP contribution in [0.3, 0.4) is 0 Å². The molecule has 0 heterocycles. The fourth-order valence-electron chi connectivity index (χ4n) is 1.83. The van der Waals surface area contributed by atoms with Gasteiger partial charge in [0.25, 0.3) is 0 Å². The predicted octanol–water partition coefficient (Wildman–Crippen LogP) is 2.18. The second-order valence-electron chi connectivity index (χ2n) is 4.79. The van der Waals surface area contributed by atoms with Crippen LogP contribution in [0.2, 0.25) is 0 Å². The van der Waals surface area contributed by atoms with Crippen molar-refractivity contribution >= 4 is 11.9 Å². The van der Waals surface area contributed by atoms with Crippen molar-refractivity contribution in [3.05, 3.63) is 24.3 Å². The summed E-state index contributed by atoms with van der Waals surface area (Å²) in [6.45, 7) is 3.10. The van der Waals surface area contributed by atoms with Gasteiger partial charge in [-0.25, -0.2) is 0 Å². The molecule has 0 aromatic heterocycles. The van der Waals surface area contributed by atoms with E-state index in [0.717, 1.165) is 0 Å². The lowest BCUT2D eigenvalue weighted by molar-refractivity contribution is -0.138. The van der Waals surface area contributed by atoms with Gasteiger partial charge in [-0.1, -0.05) is 12.1 Å². The highest BCUT2D eigenvalue weighted by Crippen LogP contribution is 2.26. The van der Waals surface area contributed by atoms with Crippen molar-refractivity contribution in [2.24, 2.45) is 0 Å². The molecule has 0 radical (unpaired) electrons. The molecule has 6 heteroatoms. The first-order valence-corrected chi connectivity index (χ1v) is 7.35. The van der Waals surface area contributed by atoms with Crippen LogP contribution in [0, 0.1) is 0 Å². The van der Waals surface area contributed by atoms with Crippen molar-refractivity contribution in [1.82, 2.24) is 4.90 Å². The van der Waals surface area contributed by atoms with Crippen LogP contribution >= 0.6 is 0 Å². The third-order valence-electron chi connectivity index (χ3n) is 3.03. The molecule has 0 aliphatic carbocycles. The quantitative estimate of drug-likeness (QED) is 0.670. The van der Waals surface area contributed by atoms with Crippen molar-refractivity contribution in [2.45, 2.75) is 26.2 Å². The average Bonchev–Trinajstić information content (AvgIpc) is 2.50. The maximum absolute atomic E-state index is 11.8. The van der Waals surface area contributed by atoms with Gasteiger partial charge in [0.05, 0.1) is 19.6 Å². The number of hydrogen-bond acceptors (Lipinski definition) is 4. The highest BCUT2D eigenvalue weighted by molar-refractivity contribution is 5.76. The third-order valence-corrected chi connectivity index (χ3v) is 3.03. The van der Waals surface area contributed by atoms with Gasteiger partial charge in [0.2, 0.25) is 5.91 Å². The Kier molecular flexibility index (Phi) is 7.81. The van der Waals surface area contributed by atoms with Crippen LogP contribution in [0.15, 0.2) is 24.3 Å². The summed E-state index contributed by atoms with van der Waals surface area (Å²) in [5.74, 6) is 0.365. The lowest BCUT2D eigenvalue weighted by atomic mass is 10.2. The van der Waals surface area contributed by atoms with Crippen molar-refractivity contribution in [2.75, 3.05) is 26.8 Å². The molecular weight excluding hydrogens is 286 g/mol. The molecule has 22 heavy (non-hydrogen) atoms. The number of amides is 1. The van der Waals surface area contributed by atoms with Gasteiger partial charge in [-0.05, 0) is 25.5 Å². The highest BCUT2D eigenvalue weighted by atomic mass is 16.5. The predicted molar refractivity (Wildman–Crippen MR) is 82.2 cm³/mol. The lowest BCUT2D eigenvalue weighted by Gasteiger charge is -2.16. The van der Waals surface area contributed by atoms with E-state index in [4.69, 9.17) is 14.6 Å². The van der Waals surface area contributed by atoms with E-state index in [2.05, 4.69) is 0 Å². The molecule has 0 aliphatic rings. The Morgan fingerprint density at radius 1 is 1.14 bits per heavy atom. The number of hydrogen-bond donors (Lipinski definition) is 1. The summed E-state index contributed by atoms with van der Waals surface area (Å²) in [4.78, 5) is 23.7. The van der Waals surface area contributed by atoms with Crippen LogP contribution in [-0.4, -0.2) is 48.7 Å². The fraction of sp³-hybridized carbons (Fsp3) is 0.500. The Balaban J connectivity index is 2.30. The van der Waals surface area contributed by atoms with E-state index in [1.165, 1.54) is 4.90 Å². The molecule has 0 unspecified atom stereocenters. The summed E-state index contributed by atoms with van der Waals surface area (Å²) < 4.78 is 11.1. The fourth-order valence-corrected chi connectivity index (χ4v) is 1.83. The maximum atomic E-state index is 11.8. The summed E-state index contributed by atoms with van der Waals surface area (Å²) in [5.41, 5.74) is 0. The van der Waals surface area contributed by atoms with Crippen LogP contribution in [0.5, 0.6) is 11.5 Å². The standard InChI is InChI=1S/C16H23NO5/c1-3-21-13-7-4-5-8-14(13)22-12-6-9-15(18)17(2)11-10-16(19)20/h4-5,7-8H,3,6,9-12H2,1-2H3,(H,19,20). The normalized spacial score (nSPS) is 10.1. The Morgan fingerprint density at radius 3 is 2.36 bits per heavy atom. The molecule has 1 amide bonds. The molecule has 0 aliphatic heterocycles. The molecule has 1 aromatic rings.